The number of furan rings is 1. The van der Waals surface area contributed by atoms with Crippen LogP contribution in [0, 0.1) is 12.3 Å². The molecule has 3 aromatic rings. The van der Waals surface area contributed by atoms with Crippen molar-refractivity contribution in [3.63, 3.8) is 0 Å². The summed E-state index contributed by atoms with van der Waals surface area (Å²) in [5.41, 5.74) is 1.24. The summed E-state index contributed by atoms with van der Waals surface area (Å²) in [6.45, 7) is 8.04. The number of imidazole rings is 1. The standard InChI is InChI=1S/C25H29N5O3/c1-17(2)30-14-21(27-16-30)20-13-29(23(31)22-5-4-18(3)33-22)15-25(20)8-11-28(24(25)32)12-19-6-9-26-10-7-19/h4-7,9-10,14,16-17,20H,8,11-13,15H2,1-3H3/t20-,25-/m1/s1. The average molecular weight is 448 g/mol. The van der Waals surface area contributed by atoms with E-state index in [2.05, 4.69) is 28.4 Å². The van der Waals surface area contributed by atoms with E-state index in [1.54, 1.807) is 29.4 Å². The SMILES string of the molecule is Cc1ccc(C(=O)N2C[C@H](c3cn(C(C)C)cn3)[C@@]3(CCN(Cc4ccncc4)C3=O)C2)o1. The zero-order valence-corrected chi connectivity index (χ0v) is 19.3. The smallest absolute Gasteiger partial charge is 0.289 e. The lowest BCUT2D eigenvalue weighted by molar-refractivity contribution is -0.136. The molecule has 2 fully saturated rings. The molecule has 0 bridgehead atoms. The minimum atomic E-state index is -0.680. The fourth-order valence-electron chi connectivity index (χ4n) is 5.15. The lowest BCUT2D eigenvalue weighted by Gasteiger charge is -2.27. The van der Waals surface area contributed by atoms with Gasteiger partial charge in [0.2, 0.25) is 5.91 Å². The normalized spacial score (nSPS) is 22.8. The van der Waals surface area contributed by atoms with E-state index in [4.69, 9.17) is 4.42 Å². The first-order chi connectivity index (χ1) is 15.9. The molecule has 2 amide bonds. The number of hydrogen-bond acceptors (Lipinski definition) is 5. The van der Waals surface area contributed by atoms with Crippen LogP contribution >= 0.6 is 0 Å². The number of amides is 2. The monoisotopic (exact) mass is 447 g/mol. The molecule has 0 radical (unpaired) electrons. The van der Waals surface area contributed by atoms with E-state index >= 15 is 0 Å². The largest absolute Gasteiger partial charge is 0.456 e. The lowest BCUT2D eigenvalue weighted by Crippen LogP contribution is -2.40. The van der Waals surface area contributed by atoms with E-state index in [0.29, 0.717) is 44.1 Å². The van der Waals surface area contributed by atoms with Crippen LogP contribution in [0.1, 0.15) is 59.8 Å². The maximum Gasteiger partial charge on any atom is 0.289 e. The first kappa shape index (κ1) is 21.4. The third-order valence-electron chi connectivity index (χ3n) is 7.02. The van der Waals surface area contributed by atoms with E-state index in [1.807, 2.05) is 36.5 Å². The highest BCUT2D eigenvalue weighted by Crippen LogP contribution is 2.50. The predicted molar refractivity (Wildman–Crippen MR) is 121 cm³/mol. The molecule has 8 nitrogen and oxygen atoms in total. The molecule has 0 unspecified atom stereocenters. The number of aryl methyl sites for hydroxylation is 1. The Morgan fingerprint density at radius 1 is 1.24 bits per heavy atom. The lowest BCUT2D eigenvalue weighted by atomic mass is 9.75. The molecular formula is C25H29N5O3. The van der Waals surface area contributed by atoms with Gasteiger partial charge in [-0.3, -0.25) is 14.6 Å². The minimum absolute atomic E-state index is 0.0920. The Bertz CT molecular complexity index is 1170. The molecule has 2 aliphatic rings. The molecular weight excluding hydrogens is 418 g/mol. The highest BCUT2D eigenvalue weighted by atomic mass is 16.3. The number of rotatable bonds is 5. The number of hydrogen-bond donors (Lipinski definition) is 0. The number of aromatic nitrogens is 3. The molecule has 5 heterocycles. The number of carbonyl (C=O) groups is 2. The highest BCUT2D eigenvalue weighted by Gasteiger charge is 2.58. The summed E-state index contributed by atoms with van der Waals surface area (Å²) in [4.78, 5) is 39.6. The number of nitrogens with zero attached hydrogens (tertiary/aromatic N) is 5. The zero-order valence-electron chi connectivity index (χ0n) is 19.3. The van der Waals surface area contributed by atoms with E-state index in [1.165, 1.54) is 0 Å². The Labute approximate surface area is 193 Å². The molecule has 172 valence electrons. The van der Waals surface area contributed by atoms with Gasteiger partial charge in [-0.15, -0.1) is 0 Å². The molecule has 1 spiro atoms. The molecule has 0 aliphatic carbocycles. The van der Waals surface area contributed by atoms with Gasteiger partial charge in [0, 0.05) is 56.7 Å². The van der Waals surface area contributed by atoms with E-state index in [-0.39, 0.29) is 23.8 Å². The van der Waals surface area contributed by atoms with Crippen LogP contribution in [-0.2, 0) is 11.3 Å². The van der Waals surface area contributed by atoms with Gasteiger partial charge in [-0.2, -0.15) is 0 Å². The van der Waals surface area contributed by atoms with E-state index in [0.717, 1.165) is 11.3 Å². The summed E-state index contributed by atoms with van der Waals surface area (Å²) in [5.74, 6) is 0.769. The Balaban J connectivity index is 1.47. The Hall–Kier alpha value is -3.42. The Morgan fingerprint density at radius 2 is 2.03 bits per heavy atom. The Kier molecular flexibility index (Phi) is 5.31. The first-order valence-electron chi connectivity index (χ1n) is 11.4. The molecule has 2 atom stereocenters. The van der Waals surface area contributed by atoms with Gasteiger partial charge in [0.25, 0.3) is 5.91 Å². The van der Waals surface area contributed by atoms with Crippen LogP contribution in [0.15, 0.2) is 53.6 Å². The number of likely N-dealkylation sites (tertiary alicyclic amines) is 2. The predicted octanol–water partition coefficient (Wildman–Crippen LogP) is 3.42. The van der Waals surface area contributed by atoms with Crippen molar-refractivity contribution in [2.75, 3.05) is 19.6 Å². The second kappa shape index (κ2) is 8.17. The molecule has 5 rings (SSSR count). The third-order valence-corrected chi connectivity index (χ3v) is 7.02. The fraction of sp³-hybridized carbons (Fsp3) is 0.440. The molecule has 0 aromatic carbocycles. The minimum Gasteiger partial charge on any atom is -0.456 e. The maximum absolute atomic E-state index is 13.9. The summed E-state index contributed by atoms with van der Waals surface area (Å²) in [6.07, 6.45) is 8.03. The molecule has 3 aromatic heterocycles. The average Bonchev–Trinajstić information content (AvgIpc) is 3.58. The van der Waals surface area contributed by atoms with E-state index in [9.17, 15) is 9.59 Å². The van der Waals surface area contributed by atoms with Crippen LogP contribution in [0.2, 0.25) is 0 Å². The summed E-state index contributed by atoms with van der Waals surface area (Å²) in [6, 6.07) is 7.64. The summed E-state index contributed by atoms with van der Waals surface area (Å²) in [5, 5.41) is 0. The van der Waals surface area contributed by atoms with Gasteiger partial charge in [0.15, 0.2) is 5.76 Å². The van der Waals surface area contributed by atoms with Crippen LogP contribution < -0.4 is 0 Å². The van der Waals surface area contributed by atoms with Crippen LogP contribution in [0.5, 0.6) is 0 Å². The van der Waals surface area contributed by atoms with Gasteiger partial charge >= 0.3 is 0 Å². The molecule has 8 heteroatoms. The zero-order chi connectivity index (χ0) is 23.2. The van der Waals surface area contributed by atoms with Crippen molar-refractivity contribution in [3.8, 4) is 0 Å². The van der Waals surface area contributed by atoms with E-state index < -0.39 is 5.41 Å². The molecule has 0 N–H and O–H groups in total. The number of carbonyl (C=O) groups excluding carboxylic acids is 2. The van der Waals surface area contributed by atoms with Gasteiger partial charge in [-0.25, -0.2) is 4.98 Å². The van der Waals surface area contributed by atoms with Crippen LogP contribution in [0.25, 0.3) is 0 Å². The van der Waals surface area contributed by atoms with Gasteiger partial charge < -0.3 is 18.8 Å². The molecule has 2 saturated heterocycles. The van der Waals surface area contributed by atoms with Crippen LogP contribution in [0.4, 0.5) is 0 Å². The summed E-state index contributed by atoms with van der Waals surface area (Å²) in [7, 11) is 0. The second-order valence-corrected chi connectivity index (χ2v) is 9.48. The number of pyridine rings is 1. The molecule has 33 heavy (non-hydrogen) atoms. The highest BCUT2D eigenvalue weighted by molar-refractivity contribution is 5.94. The van der Waals surface area contributed by atoms with Gasteiger partial charge in [0.05, 0.1) is 17.4 Å². The van der Waals surface area contributed by atoms with Crippen molar-refractivity contribution in [3.05, 3.63) is 72.0 Å². The van der Waals surface area contributed by atoms with Crippen molar-refractivity contribution < 1.29 is 14.0 Å². The van der Waals surface area contributed by atoms with Crippen molar-refractivity contribution in [1.82, 2.24) is 24.3 Å². The van der Waals surface area contributed by atoms with Crippen molar-refractivity contribution in [1.29, 1.82) is 0 Å². The van der Waals surface area contributed by atoms with Crippen molar-refractivity contribution in [2.24, 2.45) is 5.41 Å². The van der Waals surface area contributed by atoms with Gasteiger partial charge in [0.1, 0.15) is 5.76 Å². The Morgan fingerprint density at radius 3 is 2.70 bits per heavy atom. The van der Waals surface area contributed by atoms with Crippen LogP contribution in [0.3, 0.4) is 0 Å². The second-order valence-electron chi connectivity index (χ2n) is 9.48. The first-order valence-corrected chi connectivity index (χ1v) is 11.4. The topological polar surface area (TPSA) is 84.5 Å². The molecule has 0 saturated carbocycles. The fourth-order valence-corrected chi connectivity index (χ4v) is 5.15. The third kappa shape index (κ3) is 3.73. The molecule has 2 aliphatic heterocycles. The van der Waals surface area contributed by atoms with Gasteiger partial charge in [-0.05, 0) is 57.0 Å². The maximum atomic E-state index is 13.9. The van der Waals surface area contributed by atoms with Crippen molar-refractivity contribution >= 4 is 11.8 Å². The summed E-state index contributed by atoms with van der Waals surface area (Å²) >= 11 is 0. The summed E-state index contributed by atoms with van der Waals surface area (Å²) < 4.78 is 7.65. The van der Waals surface area contributed by atoms with Crippen molar-refractivity contribution in [2.45, 2.75) is 45.7 Å². The van der Waals surface area contributed by atoms with Crippen LogP contribution in [-0.4, -0.2) is 55.8 Å². The quantitative estimate of drug-likeness (QED) is 0.598. The van der Waals surface area contributed by atoms with Gasteiger partial charge in [-0.1, -0.05) is 0 Å².